The first-order valence-corrected chi connectivity index (χ1v) is 8.17. The smallest absolute Gasteiger partial charge is 0.223 e. The number of nitrogens with zero attached hydrogens (tertiary/aromatic N) is 2. The summed E-state index contributed by atoms with van der Waals surface area (Å²) in [6.07, 6.45) is 3.26. The lowest BCUT2D eigenvalue weighted by Gasteiger charge is -2.39. The largest absolute Gasteiger partial charge is 0.340 e. The number of carbonyl (C=O) groups is 1. The Kier molecular flexibility index (Phi) is 5.44. The van der Waals surface area contributed by atoms with Crippen LogP contribution in [0, 0.1) is 11.3 Å². The van der Waals surface area contributed by atoms with Gasteiger partial charge in [0.05, 0.1) is 0 Å². The molecular weight excluding hydrogens is 250 g/mol. The van der Waals surface area contributed by atoms with E-state index in [9.17, 15) is 4.79 Å². The van der Waals surface area contributed by atoms with Gasteiger partial charge in [-0.15, -0.1) is 0 Å². The summed E-state index contributed by atoms with van der Waals surface area (Å²) in [5, 5.41) is 3.29. The second-order valence-corrected chi connectivity index (χ2v) is 7.36. The fourth-order valence-electron chi connectivity index (χ4n) is 3.35. The molecule has 4 heteroatoms. The Hall–Kier alpha value is -0.610. The third kappa shape index (κ3) is 4.45. The minimum Gasteiger partial charge on any atom is -0.340 e. The lowest BCUT2D eigenvalue weighted by molar-refractivity contribution is -0.132. The quantitative estimate of drug-likeness (QED) is 0.853. The monoisotopic (exact) mass is 281 g/mol. The van der Waals surface area contributed by atoms with Gasteiger partial charge in [-0.1, -0.05) is 20.8 Å². The molecule has 1 N–H and O–H groups in total. The highest BCUT2D eigenvalue weighted by atomic mass is 16.2. The summed E-state index contributed by atoms with van der Waals surface area (Å²) < 4.78 is 0. The van der Waals surface area contributed by atoms with Crippen LogP contribution in [0.1, 0.15) is 40.0 Å². The van der Waals surface area contributed by atoms with E-state index in [1.807, 2.05) is 4.90 Å². The highest BCUT2D eigenvalue weighted by molar-refractivity contribution is 5.76. The van der Waals surface area contributed by atoms with E-state index in [0.29, 0.717) is 17.7 Å². The van der Waals surface area contributed by atoms with E-state index in [4.69, 9.17) is 0 Å². The van der Waals surface area contributed by atoms with Crippen molar-refractivity contribution in [2.75, 3.05) is 45.8 Å². The van der Waals surface area contributed by atoms with Crippen LogP contribution in [0.5, 0.6) is 0 Å². The number of hydrogen-bond donors (Lipinski definition) is 1. The van der Waals surface area contributed by atoms with Crippen molar-refractivity contribution in [3.05, 3.63) is 0 Å². The maximum atomic E-state index is 12.1. The number of piperidine rings is 1. The van der Waals surface area contributed by atoms with Gasteiger partial charge in [-0.3, -0.25) is 4.79 Å². The molecule has 0 atom stereocenters. The van der Waals surface area contributed by atoms with Crippen LogP contribution in [0.25, 0.3) is 0 Å². The molecule has 2 heterocycles. The predicted octanol–water partition coefficient (Wildman–Crippen LogP) is 1.57. The Morgan fingerprint density at radius 3 is 2.25 bits per heavy atom. The molecule has 0 saturated carbocycles. The lowest BCUT2D eigenvalue weighted by atomic mass is 9.75. The fraction of sp³-hybridized carbons (Fsp3) is 0.938. The first kappa shape index (κ1) is 15.8. The topological polar surface area (TPSA) is 35.6 Å². The summed E-state index contributed by atoms with van der Waals surface area (Å²) in [5.41, 5.74) is 0.433. The molecule has 0 spiro atoms. The van der Waals surface area contributed by atoms with E-state index in [2.05, 4.69) is 31.0 Å². The molecule has 116 valence electrons. The van der Waals surface area contributed by atoms with Crippen molar-refractivity contribution in [3.8, 4) is 0 Å². The molecule has 0 unspecified atom stereocenters. The van der Waals surface area contributed by atoms with Gasteiger partial charge < -0.3 is 15.1 Å². The number of rotatable bonds is 3. The SMILES string of the molecule is CC(C)(C)C1CCN(CCC(=O)N2CCNCC2)CC1. The van der Waals surface area contributed by atoms with Gasteiger partial charge in [-0.05, 0) is 37.3 Å². The van der Waals surface area contributed by atoms with Crippen molar-refractivity contribution in [2.45, 2.75) is 40.0 Å². The zero-order valence-electron chi connectivity index (χ0n) is 13.5. The Morgan fingerprint density at radius 1 is 1.10 bits per heavy atom. The number of likely N-dealkylation sites (tertiary alicyclic amines) is 1. The average Bonchev–Trinajstić information content (AvgIpc) is 2.45. The maximum absolute atomic E-state index is 12.1. The third-order valence-electron chi connectivity index (χ3n) is 4.92. The Labute approximate surface area is 123 Å². The first-order valence-electron chi connectivity index (χ1n) is 8.17. The van der Waals surface area contributed by atoms with Crippen molar-refractivity contribution < 1.29 is 4.79 Å². The predicted molar refractivity (Wildman–Crippen MR) is 82.7 cm³/mol. The zero-order chi connectivity index (χ0) is 14.6. The van der Waals surface area contributed by atoms with Crippen LogP contribution in [-0.4, -0.2) is 61.5 Å². The molecule has 0 aromatic carbocycles. The van der Waals surface area contributed by atoms with Crippen LogP contribution in [0.3, 0.4) is 0 Å². The third-order valence-corrected chi connectivity index (χ3v) is 4.92. The molecule has 2 aliphatic rings. The van der Waals surface area contributed by atoms with Crippen molar-refractivity contribution in [2.24, 2.45) is 11.3 Å². The molecule has 0 aliphatic carbocycles. The summed E-state index contributed by atoms with van der Waals surface area (Å²) >= 11 is 0. The Bertz CT molecular complexity index is 310. The average molecular weight is 281 g/mol. The van der Waals surface area contributed by atoms with E-state index in [0.717, 1.165) is 51.7 Å². The van der Waals surface area contributed by atoms with Crippen molar-refractivity contribution in [3.63, 3.8) is 0 Å². The van der Waals surface area contributed by atoms with Gasteiger partial charge in [0.25, 0.3) is 0 Å². The molecule has 0 radical (unpaired) electrons. The second-order valence-electron chi connectivity index (χ2n) is 7.36. The molecule has 0 aromatic rings. The van der Waals surface area contributed by atoms with E-state index in [1.165, 1.54) is 12.8 Å². The molecule has 1 amide bonds. The van der Waals surface area contributed by atoms with Crippen LogP contribution in [-0.2, 0) is 4.79 Å². The van der Waals surface area contributed by atoms with Gasteiger partial charge in [0.1, 0.15) is 0 Å². The number of amides is 1. The van der Waals surface area contributed by atoms with Crippen LogP contribution in [0.4, 0.5) is 0 Å². The normalized spacial score (nSPS) is 23.1. The lowest BCUT2D eigenvalue weighted by Crippen LogP contribution is -2.47. The molecule has 20 heavy (non-hydrogen) atoms. The van der Waals surface area contributed by atoms with E-state index >= 15 is 0 Å². The van der Waals surface area contributed by atoms with Crippen LogP contribution in [0.15, 0.2) is 0 Å². The van der Waals surface area contributed by atoms with Crippen LogP contribution < -0.4 is 5.32 Å². The number of carbonyl (C=O) groups excluding carboxylic acids is 1. The highest BCUT2D eigenvalue weighted by Crippen LogP contribution is 2.34. The zero-order valence-corrected chi connectivity index (χ0v) is 13.5. The molecule has 2 aliphatic heterocycles. The first-order chi connectivity index (χ1) is 9.47. The van der Waals surface area contributed by atoms with Gasteiger partial charge in [-0.25, -0.2) is 0 Å². The van der Waals surface area contributed by atoms with E-state index in [-0.39, 0.29) is 0 Å². The molecule has 2 fully saturated rings. The van der Waals surface area contributed by atoms with Gasteiger partial charge in [0.2, 0.25) is 5.91 Å². The minimum absolute atomic E-state index is 0.337. The fourth-order valence-corrected chi connectivity index (χ4v) is 3.35. The maximum Gasteiger partial charge on any atom is 0.223 e. The molecular formula is C16H31N3O. The summed E-state index contributed by atoms with van der Waals surface area (Å²) in [5.74, 6) is 1.17. The van der Waals surface area contributed by atoms with E-state index < -0.39 is 0 Å². The van der Waals surface area contributed by atoms with Crippen molar-refractivity contribution in [1.29, 1.82) is 0 Å². The highest BCUT2D eigenvalue weighted by Gasteiger charge is 2.28. The summed E-state index contributed by atoms with van der Waals surface area (Å²) in [4.78, 5) is 16.6. The number of piperazine rings is 1. The Morgan fingerprint density at radius 2 is 1.70 bits per heavy atom. The summed E-state index contributed by atoms with van der Waals surface area (Å²) in [7, 11) is 0. The molecule has 0 aromatic heterocycles. The summed E-state index contributed by atoms with van der Waals surface area (Å²) in [6.45, 7) is 14.0. The minimum atomic E-state index is 0.337. The number of nitrogens with one attached hydrogen (secondary N) is 1. The molecule has 2 rings (SSSR count). The molecule has 0 bridgehead atoms. The van der Waals surface area contributed by atoms with Gasteiger partial charge in [-0.2, -0.15) is 0 Å². The van der Waals surface area contributed by atoms with Gasteiger partial charge in [0.15, 0.2) is 0 Å². The van der Waals surface area contributed by atoms with Crippen molar-refractivity contribution in [1.82, 2.24) is 15.1 Å². The standard InChI is InChI=1S/C16H31N3O/c1-16(2,3)14-4-9-18(10-5-14)11-6-15(20)19-12-7-17-8-13-19/h14,17H,4-13H2,1-3H3. The van der Waals surface area contributed by atoms with Gasteiger partial charge >= 0.3 is 0 Å². The Balaban J connectivity index is 1.67. The van der Waals surface area contributed by atoms with Gasteiger partial charge in [0, 0.05) is 39.1 Å². The van der Waals surface area contributed by atoms with E-state index in [1.54, 1.807) is 0 Å². The molecule has 4 nitrogen and oxygen atoms in total. The van der Waals surface area contributed by atoms with Crippen molar-refractivity contribution >= 4 is 5.91 Å². The van der Waals surface area contributed by atoms with Crippen LogP contribution in [0.2, 0.25) is 0 Å². The second kappa shape index (κ2) is 6.90. The number of hydrogen-bond acceptors (Lipinski definition) is 3. The summed E-state index contributed by atoms with van der Waals surface area (Å²) in [6, 6.07) is 0. The molecule has 2 saturated heterocycles. The van der Waals surface area contributed by atoms with Crippen LogP contribution >= 0.6 is 0 Å².